The molecule has 12 heteroatoms. The van der Waals surface area contributed by atoms with Gasteiger partial charge in [-0.05, 0) is 46.2 Å². The quantitative estimate of drug-likeness (QED) is 0.181. The zero-order chi connectivity index (χ0) is 31.3. The number of aryl methyl sites for hydroxylation is 1. The van der Waals surface area contributed by atoms with Gasteiger partial charge in [-0.3, -0.25) is 9.48 Å². The van der Waals surface area contributed by atoms with E-state index in [1.54, 1.807) is 31.7 Å². The number of benzene rings is 2. The molecular formula is C31H38N8O4. The van der Waals surface area contributed by atoms with Gasteiger partial charge in [0.15, 0.2) is 0 Å². The van der Waals surface area contributed by atoms with Crippen LogP contribution in [0.2, 0.25) is 0 Å². The van der Waals surface area contributed by atoms with Crippen LogP contribution in [0.1, 0.15) is 24.2 Å². The number of fused-ring (bicyclic) bond motifs is 1. The Morgan fingerprint density at radius 3 is 2.51 bits per heavy atom. The van der Waals surface area contributed by atoms with Crippen molar-refractivity contribution in [1.29, 1.82) is 0 Å². The largest absolute Gasteiger partial charge is 0.494 e. The van der Waals surface area contributed by atoms with Gasteiger partial charge < -0.3 is 29.9 Å². The van der Waals surface area contributed by atoms with E-state index < -0.39 is 5.97 Å². The monoisotopic (exact) mass is 586 g/mol. The number of ether oxygens (including phenoxy) is 2. The summed E-state index contributed by atoms with van der Waals surface area (Å²) in [5, 5.41) is 11.6. The number of carbonyl (C=O) groups is 2. The Morgan fingerprint density at radius 2 is 1.84 bits per heavy atom. The van der Waals surface area contributed by atoms with Crippen molar-refractivity contribution in [3.63, 3.8) is 0 Å². The van der Waals surface area contributed by atoms with Gasteiger partial charge in [0.1, 0.15) is 22.7 Å². The summed E-state index contributed by atoms with van der Waals surface area (Å²) in [4.78, 5) is 38.7. The SMILES string of the molecule is C=CC(=O)Nc1cc(Nc2ncc(C(=O)OC(C)C)c(-c3nn(C)c4ccccc34)n2)c(OC)cc1N(C)CCN(C)C. The first-order valence-corrected chi connectivity index (χ1v) is 13.8. The first-order valence-electron chi connectivity index (χ1n) is 13.8. The third kappa shape index (κ3) is 7.09. The van der Waals surface area contributed by atoms with E-state index in [4.69, 9.17) is 14.5 Å². The molecule has 4 aromatic rings. The summed E-state index contributed by atoms with van der Waals surface area (Å²) in [6, 6.07) is 11.3. The second kappa shape index (κ2) is 13.3. The van der Waals surface area contributed by atoms with Gasteiger partial charge >= 0.3 is 5.97 Å². The molecule has 0 spiro atoms. The summed E-state index contributed by atoms with van der Waals surface area (Å²) in [6.07, 6.45) is 2.30. The Kier molecular flexibility index (Phi) is 9.61. The van der Waals surface area contributed by atoms with Crippen LogP contribution in [-0.2, 0) is 16.6 Å². The zero-order valence-corrected chi connectivity index (χ0v) is 25.6. The lowest BCUT2D eigenvalue weighted by Gasteiger charge is -2.26. The Balaban J connectivity index is 1.82. The highest BCUT2D eigenvalue weighted by Gasteiger charge is 2.24. The molecule has 2 heterocycles. The number of anilines is 4. The second-order valence-corrected chi connectivity index (χ2v) is 10.5. The molecule has 12 nitrogen and oxygen atoms in total. The van der Waals surface area contributed by atoms with Gasteiger partial charge in [0.05, 0.1) is 35.8 Å². The molecule has 0 aliphatic heterocycles. The minimum Gasteiger partial charge on any atom is -0.494 e. The van der Waals surface area contributed by atoms with E-state index in [0.29, 0.717) is 35.1 Å². The van der Waals surface area contributed by atoms with E-state index in [2.05, 4.69) is 32.2 Å². The Bertz CT molecular complexity index is 1650. The van der Waals surface area contributed by atoms with Crippen LogP contribution >= 0.6 is 0 Å². The summed E-state index contributed by atoms with van der Waals surface area (Å²) in [6.45, 7) is 8.65. The van der Waals surface area contributed by atoms with E-state index in [1.807, 2.05) is 63.4 Å². The Labute approximate surface area is 251 Å². The highest BCUT2D eigenvalue weighted by atomic mass is 16.5. The number of likely N-dealkylation sites (N-methyl/N-ethyl adjacent to an activating group) is 2. The van der Waals surface area contributed by atoms with Crippen molar-refractivity contribution < 1.29 is 19.1 Å². The number of carbonyl (C=O) groups excluding carboxylic acids is 2. The minimum absolute atomic E-state index is 0.187. The fourth-order valence-corrected chi connectivity index (χ4v) is 4.46. The van der Waals surface area contributed by atoms with E-state index in [-0.39, 0.29) is 23.5 Å². The van der Waals surface area contributed by atoms with E-state index in [9.17, 15) is 9.59 Å². The van der Waals surface area contributed by atoms with Crippen LogP contribution in [0.4, 0.5) is 23.0 Å². The molecule has 43 heavy (non-hydrogen) atoms. The van der Waals surface area contributed by atoms with Gasteiger partial charge in [-0.2, -0.15) is 5.10 Å². The number of hydrogen-bond donors (Lipinski definition) is 2. The van der Waals surface area contributed by atoms with Crippen LogP contribution in [0.25, 0.3) is 22.3 Å². The lowest BCUT2D eigenvalue weighted by atomic mass is 10.1. The molecule has 226 valence electrons. The molecule has 0 saturated heterocycles. The first-order chi connectivity index (χ1) is 20.5. The van der Waals surface area contributed by atoms with Crippen LogP contribution in [0.3, 0.4) is 0 Å². The van der Waals surface area contributed by atoms with Crippen LogP contribution in [0.15, 0.2) is 55.3 Å². The van der Waals surface area contributed by atoms with Gasteiger partial charge in [-0.15, -0.1) is 0 Å². The average molecular weight is 587 g/mol. The molecule has 0 radical (unpaired) electrons. The van der Waals surface area contributed by atoms with Crippen LogP contribution in [0, 0.1) is 0 Å². The van der Waals surface area contributed by atoms with Crippen LogP contribution < -0.4 is 20.3 Å². The molecule has 0 unspecified atom stereocenters. The van der Waals surface area contributed by atoms with Gasteiger partial charge in [0.2, 0.25) is 11.9 Å². The van der Waals surface area contributed by atoms with E-state index >= 15 is 0 Å². The molecule has 0 fully saturated rings. The van der Waals surface area contributed by atoms with Gasteiger partial charge in [0, 0.05) is 44.8 Å². The molecule has 0 bridgehead atoms. The molecular weight excluding hydrogens is 548 g/mol. The maximum Gasteiger partial charge on any atom is 0.342 e. The van der Waals surface area contributed by atoms with Gasteiger partial charge in [-0.1, -0.05) is 24.8 Å². The molecule has 2 aromatic carbocycles. The van der Waals surface area contributed by atoms with Crippen LogP contribution in [-0.4, -0.2) is 84.0 Å². The normalized spacial score (nSPS) is 11.1. The first kappa shape index (κ1) is 31.0. The molecule has 0 atom stereocenters. The number of aromatic nitrogens is 4. The van der Waals surface area contributed by atoms with Crippen molar-refractivity contribution >= 4 is 45.8 Å². The van der Waals surface area contributed by atoms with E-state index in [1.165, 1.54) is 12.3 Å². The zero-order valence-electron chi connectivity index (χ0n) is 25.6. The highest BCUT2D eigenvalue weighted by Crippen LogP contribution is 2.38. The van der Waals surface area contributed by atoms with Gasteiger partial charge in [0.25, 0.3) is 0 Å². The Morgan fingerprint density at radius 1 is 1.09 bits per heavy atom. The summed E-state index contributed by atoms with van der Waals surface area (Å²) in [5.41, 5.74) is 3.71. The number of nitrogens with one attached hydrogen (secondary N) is 2. The van der Waals surface area contributed by atoms with Crippen molar-refractivity contribution in [3.8, 4) is 17.1 Å². The molecule has 2 N–H and O–H groups in total. The number of methoxy groups -OCH3 is 1. The third-order valence-electron chi connectivity index (χ3n) is 6.63. The van der Waals surface area contributed by atoms with Crippen molar-refractivity contribution in [1.82, 2.24) is 24.6 Å². The van der Waals surface area contributed by atoms with Gasteiger partial charge in [-0.25, -0.2) is 14.8 Å². The summed E-state index contributed by atoms with van der Waals surface area (Å²) in [7, 11) is 9.33. The fourth-order valence-electron chi connectivity index (χ4n) is 4.46. The Hall–Kier alpha value is -4.97. The molecule has 0 aliphatic rings. The number of amides is 1. The summed E-state index contributed by atoms with van der Waals surface area (Å²) < 4.78 is 13.0. The van der Waals surface area contributed by atoms with Crippen molar-refractivity contribution in [2.45, 2.75) is 20.0 Å². The fraction of sp³-hybridized carbons (Fsp3) is 0.323. The highest BCUT2D eigenvalue weighted by molar-refractivity contribution is 6.03. The van der Waals surface area contributed by atoms with Crippen molar-refractivity contribution in [2.24, 2.45) is 7.05 Å². The average Bonchev–Trinajstić information content (AvgIpc) is 3.31. The predicted molar refractivity (Wildman–Crippen MR) is 169 cm³/mol. The second-order valence-electron chi connectivity index (χ2n) is 10.5. The maximum absolute atomic E-state index is 13.1. The number of nitrogens with zero attached hydrogens (tertiary/aromatic N) is 6. The molecule has 4 rings (SSSR count). The molecule has 1 amide bonds. The number of hydrogen-bond acceptors (Lipinski definition) is 10. The molecule has 2 aromatic heterocycles. The molecule has 0 saturated carbocycles. The van der Waals surface area contributed by atoms with Crippen LogP contribution in [0.5, 0.6) is 5.75 Å². The maximum atomic E-state index is 13.1. The number of para-hydroxylation sites is 1. The lowest BCUT2D eigenvalue weighted by Crippen LogP contribution is -2.29. The predicted octanol–water partition coefficient (Wildman–Crippen LogP) is 4.47. The smallest absolute Gasteiger partial charge is 0.342 e. The summed E-state index contributed by atoms with van der Waals surface area (Å²) in [5.74, 6) is -0.214. The third-order valence-corrected chi connectivity index (χ3v) is 6.63. The molecule has 0 aliphatic carbocycles. The van der Waals surface area contributed by atoms with E-state index in [0.717, 1.165) is 23.1 Å². The number of esters is 1. The standard InChI is InChI=1S/C31H38N8O4/c1-9-27(40)33-22-16-23(26(42-8)17-25(22)38(6)15-14-37(4)5)34-31-32-18-21(30(41)43-19(2)3)28(35-31)29-20-12-10-11-13-24(20)39(7)36-29/h9-13,16-19H,1,14-15H2,2-8H3,(H,33,40)(H,32,34,35). The van der Waals surface area contributed by atoms with Crippen molar-refractivity contribution in [2.75, 3.05) is 56.9 Å². The number of rotatable bonds is 12. The lowest BCUT2D eigenvalue weighted by molar-refractivity contribution is -0.111. The summed E-state index contributed by atoms with van der Waals surface area (Å²) >= 11 is 0. The topological polar surface area (TPSA) is 127 Å². The van der Waals surface area contributed by atoms with Crippen molar-refractivity contribution in [3.05, 3.63) is 60.8 Å². The minimum atomic E-state index is -0.552.